The Morgan fingerprint density at radius 2 is 2.27 bits per heavy atom. The minimum Gasteiger partial charge on any atom is -0.368 e. The summed E-state index contributed by atoms with van der Waals surface area (Å²) in [6, 6.07) is -0.233. The van der Waals surface area contributed by atoms with Crippen molar-refractivity contribution in [2.45, 2.75) is 26.3 Å². The molecule has 11 heavy (non-hydrogen) atoms. The second-order valence-corrected chi connectivity index (χ2v) is 3.00. The topological polar surface area (TPSA) is 55.1 Å². The van der Waals surface area contributed by atoms with Gasteiger partial charge in [-0.1, -0.05) is 5.57 Å². The van der Waals surface area contributed by atoms with Crippen LogP contribution in [0.3, 0.4) is 0 Å². The molecule has 1 aliphatic heterocycles. The average Bonchev–Trinajstić information content (AvgIpc) is 1.94. The summed E-state index contributed by atoms with van der Waals surface area (Å²) in [6.07, 6.45) is 1.02. The lowest BCUT2D eigenvalue weighted by Crippen LogP contribution is -2.45. The molecule has 3 heteroatoms. The van der Waals surface area contributed by atoms with E-state index in [4.69, 9.17) is 5.73 Å². The van der Waals surface area contributed by atoms with Crippen LogP contribution in [0.25, 0.3) is 0 Å². The molecule has 0 radical (unpaired) electrons. The molecule has 1 amide bonds. The molecule has 0 aromatic carbocycles. The molecule has 1 aliphatic rings. The van der Waals surface area contributed by atoms with Gasteiger partial charge in [0, 0.05) is 0 Å². The number of carbonyl (C=O) groups excluding carboxylic acids is 1. The van der Waals surface area contributed by atoms with E-state index in [0.29, 0.717) is 0 Å². The fourth-order valence-corrected chi connectivity index (χ4v) is 1.31. The first kappa shape index (κ1) is 8.27. The van der Waals surface area contributed by atoms with E-state index in [1.165, 1.54) is 5.57 Å². The molecule has 0 saturated heterocycles. The standard InChI is InChI=1S/C8H14N2O/c1-5-3-4-10-7(6(5)2)8(9)11/h7,10H,3-4H2,1-2H3,(H2,9,11). The predicted octanol–water partition coefficient (Wildman–Crippen LogP) is 0.170. The van der Waals surface area contributed by atoms with Gasteiger partial charge >= 0.3 is 0 Å². The number of hydrogen-bond acceptors (Lipinski definition) is 2. The summed E-state index contributed by atoms with van der Waals surface area (Å²) >= 11 is 0. The van der Waals surface area contributed by atoms with Crippen molar-refractivity contribution in [1.29, 1.82) is 0 Å². The highest BCUT2D eigenvalue weighted by atomic mass is 16.1. The van der Waals surface area contributed by atoms with Crippen molar-refractivity contribution in [3.05, 3.63) is 11.1 Å². The SMILES string of the molecule is CC1=C(C)C(C(N)=O)NCC1. The van der Waals surface area contributed by atoms with Crippen LogP contribution in [0.1, 0.15) is 20.3 Å². The van der Waals surface area contributed by atoms with Gasteiger partial charge in [-0.05, 0) is 32.4 Å². The van der Waals surface area contributed by atoms with Crippen LogP contribution >= 0.6 is 0 Å². The Bertz CT molecular complexity index is 208. The number of nitrogens with two attached hydrogens (primary N) is 1. The molecular weight excluding hydrogens is 140 g/mol. The Morgan fingerprint density at radius 1 is 1.64 bits per heavy atom. The van der Waals surface area contributed by atoms with Crippen LogP contribution in [0.15, 0.2) is 11.1 Å². The van der Waals surface area contributed by atoms with Crippen molar-refractivity contribution in [2.24, 2.45) is 5.73 Å². The summed E-state index contributed by atoms with van der Waals surface area (Å²) in [5.74, 6) is -0.276. The lowest BCUT2D eigenvalue weighted by atomic mass is 9.97. The molecular formula is C8H14N2O. The Labute approximate surface area is 66.6 Å². The quantitative estimate of drug-likeness (QED) is 0.529. The zero-order chi connectivity index (χ0) is 8.43. The molecule has 1 unspecified atom stereocenters. The molecule has 0 aromatic rings. The molecule has 1 heterocycles. The van der Waals surface area contributed by atoms with Crippen molar-refractivity contribution in [1.82, 2.24) is 5.32 Å². The van der Waals surface area contributed by atoms with E-state index in [1.54, 1.807) is 0 Å². The van der Waals surface area contributed by atoms with Crippen molar-refractivity contribution in [2.75, 3.05) is 6.54 Å². The van der Waals surface area contributed by atoms with Crippen LogP contribution < -0.4 is 11.1 Å². The third-order valence-electron chi connectivity index (χ3n) is 2.24. The second kappa shape index (κ2) is 3.05. The molecule has 1 atom stereocenters. The van der Waals surface area contributed by atoms with E-state index in [0.717, 1.165) is 18.5 Å². The number of amides is 1. The second-order valence-electron chi connectivity index (χ2n) is 3.00. The molecule has 0 aromatic heterocycles. The van der Waals surface area contributed by atoms with Crippen molar-refractivity contribution in [3.63, 3.8) is 0 Å². The van der Waals surface area contributed by atoms with E-state index in [2.05, 4.69) is 5.32 Å². The fourth-order valence-electron chi connectivity index (χ4n) is 1.31. The molecule has 0 fully saturated rings. The lowest BCUT2D eigenvalue weighted by molar-refractivity contribution is -0.119. The van der Waals surface area contributed by atoms with Gasteiger partial charge in [0.05, 0.1) is 0 Å². The molecule has 0 bridgehead atoms. The third-order valence-corrected chi connectivity index (χ3v) is 2.24. The van der Waals surface area contributed by atoms with Gasteiger partial charge in [-0.15, -0.1) is 0 Å². The van der Waals surface area contributed by atoms with E-state index in [9.17, 15) is 4.79 Å². The lowest BCUT2D eigenvalue weighted by Gasteiger charge is -2.23. The monoisotopic (exact) mass is 154 g/mol. The maximum Gasteiger partial charge on any atom is 0.238 e. The Morgan fingerprint density at radius 3 is 2.73 bits per heavy atom. The van der Waals surface area contributed by atoms with E-state index in [1.807, 2.05) is 13.8 Å². The highest BCUT2D eigenvalue weighted by Gasteiger charge is 2.21. The normalized spacial score (nSPS) is 25.5. The first-order valence-electron chi connectivity index (χ1n) is 3.82. The van der Waals surface area contributed by atoms with Crippen LogP contribution in [-0.2, 0) is 4.79 Å². The number of primary amides is 1. The van der Waals surface area contributed by atoms with Gasteiger partial charge in [0.1, 0.15) is 6.04 Å². The minimum atomic E-state index is -0.276. The van der Waals surface area contributed by atoms with Gasteiger partial charge in [0.25, 0.3) is 0 Å². The van der Waals surface area contributed by atoms with Crippen molar-refractivity contribution >= 4 is 5.91 Å². The zero-order valence-corrected chi connectivity index (χ0v) is 6.98. The van der Waals surface area contributed by atoms with E-state index >= 15 is 0 Å². The number of hydrogen-bond donors (Lipinski definition) is 2. The van der Waals surface area contributed by atoms with Gasteiger partial charge in [-0.2, -0.15) is 0 Å². The van der Waals surface area contributed by atoms with Gasteiger partial charge in [-0.25, -0.2) is 0 Å². The van der Waals surface area contributed by atoms with Crippen LogP contribution in [-0.4, -0.2) is 18.5 Å². The van der Waals surface area contributed by atoms with Crippen molar-refractivity contribution < 1.29 is 4.79 Å². The highest BCUT2D eigenvalue weighted by Crippen LogP contribution is 2.15. The van der Waals surface area contributed by atoms with Crippen LogP contribution in [0.4, 0.5) is 0 Å². The Balaban J connectivity index is 2.82. The van der Waals surface area contributed by atoms with Gasteiger partial charge in [0.15, 0.2) is 0 Å². The number of nitrogens with one attached hydrogen (secondary N) is 1. The summed E-state index contributed by atoms with van der Waals surface area (Å²) in [5.41, 5.74) is 7.56. The Kier molecular flexibility index (Phi) is 2.29. The molecule has 62 valence electrons. The molecule has 0 spiro atoms. The largest absolute Gasteiger partial charge is 0.368 e. The fraction of sp³-hybridized carbons (Fsp3) is 0.625. The predicted molar refractivity (Wildman–Crippen MR) is 44.0 cm³/mol. The van der Waals surface area contributed by atoms with E-state index < -0.39 is 0 Å². The minimum absolute atomic E-state index is 0.233. The summed E-state index contributed by atoms with van der Waals surface area (Å²) in [5, 5.41) is 3.07. The first-order chi connectivity index (χ1) is 5.13. The maximum absolute atomic E-state index is 10.8. The van der Waals surface area contributed by atoms with Gasteiger partial charge in [-0.3, -0.25) is 4.79 Å². The van der Waals surface area contributed by atoms with Crippen LogP contribution in [0, 0.1) is 0 Å². The summed E-state index contributed by atoms with van der Waals surface area (Å²) in [7, 11) is 0. The summed E-state index contributed by atoms with van der Waals surface area (Å²) < 4.78 is 0. The van der Waals surface area contributed by atoms with Crippen molar-refractivity contribution in [3.8, 4) is 0 Å². The molecule has 0 aliphatic carbocycles. The molecule has 0 saturated carbocycles. The first-order valence-corrected chi connectivity index (χ1v) is 3.82. The highest BCUT2D eigenvalue weighted by molar-refractivity contribution is 5.83. The summed E-state index contributed by atoms with van der Waals surface area (Å²) in [4.78, 5) is 10.8. The number of carbonyl (C=O) groups is 1. The van der Waals surface area contributed by atoms with Gasteiger partial charge in [0.2, 0.25) is 5.91 Å². The molecule has 3 N–H and O–H groups in total. The Hall–Kier alpha value is -0.830. The smallest absolute Gasteiger partial charge is 0.238 e. The van der Waals surface area contributed by atoms with Crippen LogP contribution in [0.5, 0.6) is 0 Å². The molecule has 3 nitrogen and oxygen atoms in total. The van der Waals surface area contributed by atoms with Crippen LogP contribution in [0.2, 0.25) is 0 Å². The number of rotatable bonds is 1. The molecule has 1 rings (SSSR count). The summed E-state index contributed by atoms with van der Waals surface area (Å²) in [6.45, 7) is 4.86. The van der Waals surface area contributed by atoms with Gasteiger partial charge < -0.3 is 11.1 Å². The third kappa shape index (κ3) is 1.60. The maximum atomic E-state index is 10.8. The van der Waals surface area contributed by atoms with E-state index in [-0.39, 0.29) is 11.9 Å². The zero-order valence-electron chi connectivity index (χ0n) is 6.98. The average molecular weight is 154 g/mol.